The van der Waals surface area contributed by atoms with E-state index in [0.717, 1.165) is 16.8 Å². The van der Waals surface area contributed by atoms with Crippen molar-refractivity contribution in [1.82, 2.24) is 9.97 Å². The molecule has 0 aliphatic heterocycles. The molecular weight excluding hydrogens is 378 g/mol. The Morgan fingerprint density at radius 3 is 2.64 bits per heavy atom. The lowest BCUT2D eigenvalue weighted by Gasteiger charge is -2.16. The number of aromatic nitrogens is 2. The van der Waals surface area contributed by atoms with Crippen LogP contribution in [0.1, 0.15) is 35.5 Å². The summed E-state index contributed by atoms with van der Waals surface area (Å²) in [7, 11) is 0. The Kier molecular flexibility index (Phi) is 5.90. The minimum absolute atomic E-state index is 0.330. The van der Waals surface area contributed by atoms with Gasteiger partial charge in [0.1, 0.15) is 5.82 Å². The minimum Gasteiger partial charge on any atom is -0.449 e. The Morgan fingerprint density at radius 2 is 1.96 bits per heavy atom. The Labute approximate surface area is 167 Å². The average molecular weight is 398 g/mol. The molecule has 0 bridgehead atoms. The fourth-order valence-electron chi connectivity index (χ4n) is 2.92. The second kappa shape index (κ2) is 8.35. The van der Waals surface area contributed by atoms with E-state index < -0.39 is 18.0 Å². The summed E-state index contributed by atoms with van der Waals surface area (Å²) in [6.45, 7) is 5.34. The van der Waals surface area contributed by atoms with Crippen LogP contribution in [0.4, 0.5) is 5.82 Å². The maximum atomic E-state index is 12.9. The van der Waals surface area contributed by atoms with Crippen LogP contribution in [0, 0.1) is 6.92 Å². The van der Waals surface area contributed by atoms with Crippen molar-refractivity contribution in [1.29, 1.82) is 0 Å². The van der Waals surface area contributed by atoms with Crippen LogP contribution < -0.4 is 5.32 Å². The smallest absolute Gasteiger partial charge is 0.339 e. The van der Waals surface area contributed by atoms with E-state index >= 15 is 0 Å². The van der Waals surface area contributed by atoms with Gasteiger partial charge in [0.25, 0.3) is 5.91 Å². The van der Waals surface area contributed by atoms with Gasteiger partial charge in [0, 0.05) is 17.3 Å². The van der Waals surface area contributed by atoms with Gasteiger partial charge in [-0.2, -0.15) is 0 Å². The number of ether oxygens (including phenoxy) is 1. The number of anilines is 1. The summed E-state index contributed by atoms with van der Waals surface area (Å²) in [6.07, 6.45) is 1.11. The zero-order chi connectivity index (χ0) is 20.3. The summed E-state index contributed by atoms with van der Waals surface area (Å²) in [5.41, 5.74) is 2.75. The number of carbonyl (C=O) groups is 2. The van der Waals surface area contributed by atoms with E-state index in [4.69, 9.17) is 16.3 Å². The van der Waals surface area contributed by atoms with Crippen LogP contribution in [0.5, 0.6) is 0 Å². The second-order valence-electron chi connectivity index (χ2n) is 6.33. The quantitative estimate of drug-likeness (QED) is 0.648. The molecule has 3 rings (SSSR count). The van der Waals surface area contributed by atoms with Gasteiger partial charge in [0.15, 0.2) is 6.10 Å². The van der Waals surface area contributed by atoms with Crippen LogP contribution in [0.2, 0.25) is 5.02 Å². The highest BCUT2D eigenvalue weighted by Crippen LogP contribution is 2.25. The molecule has 6 nitrogen and oxygen atoms in total. The van der Waals surface area contributed by atoms with E-state index in [1.165, 1.54) is 13.1 Å². The maximum absolute atomic E-state index is 12.9. The van der Waals surface area contributed by atoms with Crippen molar-refractivity contribution in [2.75, 3.05) is 5.32 Å². The number of fused-ring (bicyclic) bond motifs is 1. The molecule has 144 valence electrons. The van der Waals surface area contributed by atoms with Gasteiger partial charge in [-0.25, -0.2) is 9.78 Å². The third kappa shape index (κ3) is 4.12. The Balaban J connectivity index is 1.83. The van der Waals surface area contributed by atoms with Gasteiger partial charge in [-0.05, 0) is 44.0 Å². The van der Waals surface area contributed by atoms with E-state index in [-0.39, 0.29) is 0 Å². The Hall–Kier alpha value is -2.99. The van der Waals surface area contributed by atoms with Crippen LogP contribution in [-0.2, 0) is 16.0 Å². The average Bonchev–Trinajstić information content (AvgIpc) is 2.69. The van der Waals surface area contributed by atoms with Crippen molar-refractivity contribution in [3.63, 3.8) is 0 Å². The summed E-state index contributed by atoms with van der Waals surface area (Å²) in [5.74, 6) is -0.705. The molecule has 1 N–H and O–H groups in total. The minimum atomic E-state index is -0.999. The first-order chi connectivity index (χ1) is 13.4. The summed E-state index contributed by atoms with van der Waals surface area (Å²) in [6, 6.07) is 10.6. The monoisotopic (exact) mass is 397 g/mol. The van der Waals surface area contributed by atoms with Crippen molar-refractivity contribution in [2.45, 2.75) is 33.3 Å². The van der Waals surface area contributed by atoms with Gasteiger partial charge in [-0.3, -0.25) is 9.78 Å². The number of amides is 1. The normalized spacial score (nSPS) is 11.9. The lowest BCUT2D eigenvalue weighted by atomic mass is 10.0. The van der Waals surface area contributed by atoms with Gasteiger partial charge in [-0.1, -0.05) is 36.7 Å². The van der Waals surface area contributed by atoms with Crippen molar-refractivity contribution in [3.05, 3.63) is 64.4 Å². The number of nitrogens with one attached hydrogen (secondary N) is 1. The van der Waals surface area contributed by atoms with Crippen LogP contribution >= 0.6 is 11.6 Å². The number of para-hydroxylation sites is 1. The predicted molar refractivity (Wildman–Crippen MR) is 109 cm³/mol. The van der Waals surface area contributed by atoms with Gasteiger partial charge in [0.05, 0.1) is 16.1 Å². The molecule has 0 saturated carbocycles. The zero-order valence-electron chi connectivity index (χ0n) is 15.8. The van der Waals surface area contributed by atoms with E-state index in [1.807, 2.05) is 38.1 Å². The summed E-state index contributed by atoms with van der Waals surface area (Å²) in [5, 5.41) is 3.77. The number of rotatable bonds is 5. The van der Waals surface area contributed by atoms with E-state index in [1.54, 1.807) is 12.1 Å². The molecule has 0 saturated heterocycles. The number of benzene rings is 1. The summed E-state index contributed by atoms with van der Waals surface area (Å²) >= 11 is 5.78. The number of hydrogen-bond donors (Lipinski definition) is 1. The van der Waals surface area contributed by atoms with Crippen LogP contribution in [-0.4, -0.2) is 27.9 Å². The molecule has 2 heterocycles. The number of esters is 1. The fraction of sp³-hybridized carbons (Fsp3) is 0.238. The molecule has 0 aliphatic carbocycles. The second-order valence-corrected chi connectivity index (χ2v) is 6.76. The molecule has 7 heteroatoms. The number of halogens is 1. The molecular formula is C21H20ClN3O3. The molecule has 0 unspecified atom stereocenters. The number of nitrogens with zero attached hydrogens (tertiary/aromatic N) is 2. The van der Waals surface area contributed by atoms with Gasteiger partial charge in [0.2, 0.25) is 0 Å². The van der Waals surface area contributed by atoms with Gasteiger partial charge < -0.3 is 10.1 Å². The number of hydrogen-bond acceptors (Lipinski definition) is 5. The van der Waals surface area contributed by atoms with Crippen molar-refractivity contribution in [2.24, 2.45) is 0 Å². The molecule has 0 spiro atoms. The summed E-state index contributed by atoms with van der Waals surface area (Å²) < 4.78 is 5.45. The number of pyridine rings is 2. The molecule has 1 amide bonds. The highest BCUT2D eigenvalue weighted by atomic mass is 35.5. The zero-order valence-corrected chi connectivity index (χ0v) is 16.6. The predicted octanol–water partition coefficient (Wildman–Crippen LogP) is 4.34. The SMILES string of the molecule is CCc1nc2ccccc2c(C(=O)O[C@@H](C)C(=O)Nc2ccc(Cl)cn2)c1C. The Morgan fingerprint density at radius 1 is 1.21 bits per heavy atom. The number of carbonyl (C=O) groups excluding carboxylic acids is 2. The molecule has 3 aromatic rings. The third-order valence-corrected chi connectivity index (χ3v) is 4.63. The lowest BCUT2D eigenvalue weighted by molar-refractivity contribution is -0.123. The highest BCUT2D eigenvalue weighted by Gasteiger charge is 2.23. The number of aryl methyl sites for hydroxylation is 1. The topological polar surface area (TPSA) is 81.2 Å². The standard InChI is InChI=1S/C21H20ClN3O3/c1-4-16-12(2)19(15-7-5-6-8-17(15)24-16)21(27)28-13(3)20(26)25-18-10-9-14(22)11-23-18/h5-11,13H,4H2,1-3H3,(H,23,25,26)/t13-/m0/s1. The van der Waals surface area contributed by atoms with E-state index in [2.05, 4.69) is 15.3 Å². The first kappa shape index (κ1) is 19.8. The maximum Gasteiger partial charge on any atom is 0.339 e. The van der Waals surface area contributed by atoms with Crippen molar-refractivity contribution in [3.8, 4) is 0 Å². The van der Waals surface area contributed by atoms with E-state index in [9.17, 15) is 9.59 Å². The molecule has 28 heavy (non-hydrogen) atoms. The molecule has 1 atom stereocenters. The van der Waals surface area contributed by atoms with Crippen LogP contribution in [0.3, 0.4) is 0 Å². The fourth-order valence-corrected chi connectivity index (χ4v) is 3.03. The van der Waals surface area contributed by atoms with Crippen molar-refractivity contribution >= 4 is 40.2 Å². The molecule has 0 fully saturated rings. The molecule has 0 radical (unpaired) electrons. The Bertz CT molecular complexity index is 1030. The van der Waals surface area contributed by atoms with E-state index in [0.29, 0.717) is 28.2 Å². The summed E-state index contributed by atoms with van der Waals surface area (Å²) in [4.78, 5) is 33.9. The molecule has 0 aliphatic rings. The largest absolute Gasteiger partial charge is 0.449 e. The molecule has 1 aromatic carbocycles. The molecule has 2 aromatic heterocycles. The van der Waals surface area contributed by atoms with Crippen LogP contribution in [0.25, 0.3) is 10.9 Å². The highest BCUT2D eigenvalue weighted by molar-refractivity contribution is 6.30. The van der Waals surface area contributed by atoms with Crippen molar-refractivity contribution < 1.29 is 14.3 Å². The third-order valence-electron chi connectivity index (χ3n) is 4.41. The van der Waals surface area contributed by atoms with Crippen LogP contribution in [0.15, 0.2) is 42.6 Å². The lowest BCUT2D eigenvalue weighted by Crippen LogP contribution is -2.30. The first-order valence-electron chi connectivity index (χ1n) is 8.92. The van der Waals surface area contributed by atoms with Gasteiger partial charge >= 0.3 is 5.97 Å². The van der Waals surface area contributed by atoms with Gasteiger partial charge in [-0.15, -0.1) is 0 Å². The first-order valence-corrected chi connectivity index (χ1v) is 9.30.